The number of amides is 1. The maximum absolute atomic E-state index is 13.1. The number of alkyl halides is 3. The Bertz CT molecular complexity index is 1010. The van der Waals surface area contributed by atoms with Gasteiger partial charge in [-0.25, -0.2) is 4.68 Å². The van der Waals surface area contributed by atoms with Crippen LogP contribution in [0, 0.1) is 0 Å². The number of halogens is 3. The molecule has 0 aliphatic heterocycles. The Kier molecular flexibility index (Phi) is 4.85. The van der Waals surface area contributed by atoms with E-state index in [1.54, 1.807) is 12.1 Å². The Morgan fingerprint density at radius 2 is 1.89 bits per heavy atom. The molecule has 1 aromatic carbocycles. The van der Waals surface area contributed by atoms with Crippen LogP contribution < -0.4 is 10.9 Å². The van der Waals surface area contributed by atoms with Crippen LogP contribution in [0.25, 0.3) is 11.5 Å². The highest BCUT2D eigenvalue weighted by atomic mass is 19.4. The molecule has 0 bridgehead atoms. The van der Waals surface area contributed by atoms with Crippen LogP contribution >= 0.6 is 0 Å². The first kappa shape index (κ1) is 18.4. The fourth-order valence-corrected chi connectivity index (χ4v) is 2.45. The molecule has 27 heavy (non-hydrogen) atoms. The first-order valence-electron chi connectivity index (χ1n) is 7.88. The molecule has 1 unspecified atom stereocenters. The molecule has 9 heteroatoms. The van der Waals surface area contributed by atoms with Crippen molar-refractivity contribution in [1.29, 1.82) is 0 Å². The van der Waals surface area contributed by atoms with Crippen molar-refractivity contribution in [3.63, 3.8) is 0 Å². The number of furan rings is 1. The molecule has 2 heterocycles. The monoisotopic (exact) mass is 377 g/mol. The van der Waals surface area contributed by atoms with Gasteiger partial charge in [-0.2, -0.15) is 18.3 Å². The largest absolute Gasteiger partial charge is 0.463 e. The second-order valence-corrected chi connectivity index (χ2v) is 5.69. The van der Waals surface area contributed by atoms with Crippen LogP contribution in [-0.2, 0) is 11.0 Å². The quantitative estimate of drug-likeness (QED) is 0.752. The Morgan fingerprint density at radius 3 is 2.56 bits per heavy atom. The average Bonchev–Trinajstić information content (AvgIpc) is 3.15. The van der Waals surface area contributed by atoms with Crippen molar-refractivity contribution in [3.8, 4) is 11.5 Å². The lowest BCUT2D eigenvalue weighted by Crippen LogP contribution is -2.33. The summed E-state index contributed by atoms with van der Waals surface area (Å²) in [5.74, 6) is -0.420. The fourth-order valence-electron chi connectivity index (χ4n) is 2.45. The van der Waals surface area contributed by atoms with E-state index in [2.05, 4.69) is 10.4 Å². The van der Waals surface area contributed by atoms with E-state index in [9.17, 15) is 22.8 Å². The molecule has 0 saturated carbocycles. The van der Waals surface area contributed by atoms with Crippen LogP contribution in [0.15, 0.2) is 64.0 Å². The summed E-state index contributed by atoms with van der Waals surface area (Å²) in [6.07, 6.45) is -3.20. The maximum atomic E-state index is 13.1. The zero-order valence-corrected chi connectivity index (χ0v) is 14.0. The first-order valence-corrected chi connectivity index (χ1v) is 7.88. The van der Waals surface area contributed by atoms with Crippen LogP contribution in [0.3, 0.4) is 0 Å². The van der Waals surface area contributed by atoms with Gasteiger partial charge in [0.15, 0.2) is 5.76 Å². The van der Waals surface area contributed by atoms with E-state index in [1.807, 2.05) is 0 Å². The molecule has 140 valence electrons. The van der Waals surface area contributed by atoms with Crippen LogP contribution in [0.1, 0.15) is 18.5 Å². The van der Waals surface area contributed by atoms with Crippen molar-refractivity contribution < 1.29 is 22.4 Å². The molecule has 1 atom stereocenters. The predicted molar refractivity (Wildman–Crippen MR) is 91.0 cm³/mol. The highest BCUT2D eigenvalue weighted by Gasteiger charge is 2.34. The predicted octanol–water partition coefficient (Wildman–Crippen LogP) is 3.72. The number of rotatable bonds is 4. The number of hydrogen-bond acceptors (Lipinski definition) is 4. The lowest BCUT2D eigenvalue weighted by atomic mass is 10.1. The summed E-state index contributed by atoms with van der Waals surface area (Å²) in [6.45, 7) is 1.37. The Labute approximate surface area is 151 Å². The van der Waals surface area contributed by atoms with Gasteiger partial charge < -0.3 is 9.73 Å². The van der Waals surface area contributed by atoms with E-state index >= 15 is 0 Å². The van der Waals surface area contributed by atoms with Crippen molar-refractivity contribution in [1.82, 2.24) is 9.78 Å². The summed E-state index contributed by atoms with van der Waals surface area (Å²) in [5.41, 5.74) is -1.63. The molecule has 0 spiro atoms. The van der Waals surface area contributed by atoms with Crippen molar-refractivity contribution in [2.24, 2.45) is 0 Å². The van der Waals surface area contributed by atoms with Crippen molar-refractivity contribution in [2.45, 2.75) is 19.1 Å². The van der Waals surface area contributed by atoms with Gasteiger partial charge in [-0.1, -0.05) is 12.1 Å². The lowest BCUT2D eigenvalue weighted by Gasteiger charge is -2.17. The van der Waals surface area contributed by atoms with E-state index in [0.29, 0.717) is 11.5 Å². The number of anilines is 1. The molecular weight excluding hydrogens is 363 g/mol. The highest BCUT2D eigenvalue weighted by molar-refractivity contribution is 5.94. The Balaban J connectivity index is 1.89. The fraction of sp³-hybridized carbons (Fsp3) is 0.167. The maximum Gasteiger partial charge on any atom is 0.418 e. The summed E-state index contributed by atoms with van der Waals surface area (Å²) < 4.78 is 45.3. The number of aromatic nitrogens is 2. The van der Waals surface area contributed by atoms with Crippen molar-refractivity contribution in [3.05, 3.63) is 70.7 Å². The van der Waals surface area contributed by atoms with E-state index in [1.165, 1.54) is 37.5 Å². The van der Waals surface area contributed by atoms with Gasteiger partial charge in [0, 0.05) is 6.07 Å². The van der Waals surface area contributed by atoms with Gasteiger partial charge in [0.25, 0.3) is 5.56 Å². The van der Waals surface area contributed by atoms with E-state index < -0.39 is 34.9 Å². The molecular formula is C18H14F3N3O3. The second-order valence-electron chi connectivity index (χ2n) is 5.69. The molecule has 0 aliphatic rings. The van der Waals surface area contributed by atoms with Gasteiger partial charge >= 0.3 is 6.18 Å². The molecule has 0 aliphatic carbocycles. The zero-order chi connectivity index (χ0) is 19.6. The molecule has 0 radical (unpaired) electrons. The summed E-state index contributed by atoms with van der Waals surface area (Å²) in [6, 6.07) is 9.36. The number of carbonyl (C=O) groups excluding carboxylic acids is 1. The molecule has 3 aromatic rings. The van der Waals surface area contributed by atoms with E-state index in [0.717, 1.165) is 16.8 Å². The zero-order valence-electron chi connectivity index (χ0n) is 14.0. The average molecular weight is 377 g/mol. The van der Waals surface area contributed by atoms with E-state index in [4.69, 9.17) is 4.42 Å². The minimum Gasteiger partial charge on any atom is -0.463 e. The standard InChI is InChI=1S/C18H14F3N3O3/c1-11(17(26)22-13-6-3-2-5-12(13)18(19,20)21)24-16(25)9-8-14(23-24)15-7-4-10-27-15/h2-11H,1H3,(H,22,26). The van der Waals surface area contributed by atoms with Gasteiger partial charge in [-0.15, -0.1) is 0 Å². The van der Waals surface area contributed by atoms with Crippen LogP contribution in [0.5, 0.6) is 0 Å². The topological polar surface area (TPSA) is 77.1 Å². The highest BCUT2D eigenvalue weighted by Crippen LogP contribution is 2.34. The molecule has 0 saturated heterocycles. The number of benzene rings is 1. The number of hydrogen-bond donors (Lipinski definition) is 1. The van der Waals surface area contributed by atoms with E-state index in [-0.39, 0.29) is 0 Å². The van der Waals surface area contributed by atoms with Crippen LogP contribution in [0.4, 0.5) is 18.9 Å². The van der Waals surface area contributed by atoms with Crippen molar-refractivity contribution in [2.75, 3.05) is 5.32 Å². The van der Waals surface area contributed by atoms with Gasteiger partial charge in [-0.05, 0) is 37.3 Å². The second kappa shape index (κ2) is 7.10. The molecule has 3 rings (SSSR count). The van der Waals surface area contributed by atoms with Crippen molar-refractivity contribution >= 4 is 11.6 Å². The minimum atomic E-state index is -4.62. The lowest BCUT2D eigenvalue weighted by molar-refractivity contribution is -0.137. The Morgan fingerprint density at radius 1 is 1.15 bits per heavy atom. The molecule has 1 amide bonds. The van der Waals surface area contributed by atoms with Crippen LogP contribution in [-0.4, -0.2) is 15.7 Å². The number of para-hydroxylation sites is 1. The summed E-state index contributed by atoms with van der Waals surface area (Å²) in [4.78, 5) is 24.5. The Hall–Kier alpha value is -3.36. The normalized spacial score (nSPS) is 12.6. The third kappa shape index (κ3) is 3.91. The molecule has 1 N–H and O–H groups in total. The number of nitrogens with zero attached hydrogens (tertiary/aromatic N) is 2. The smallest absolute Gasteiger partial charge is 0.418 e. The third-order valence-electron chi connectivity index (χ3n) is 3.84. The summed E-state index contributed by atoms with van der Waals surface area (Å²) in [7, 11) is 0. The summed E-state index contributed by atoms with van der Waals surface area (Å²) >= 11 is 0. The van der Waals surface area contributed by atoms with Gasteiger partial charge in [-0.3, -0.25) is 9.59 Å². The molecule has 0 fully saturated rings. The number of nitrogens with one attached hydrogen (secondary N) is 1. The molecule has 6 nitrogen and oxygen atoms in total. The third-order valence-corrected chi connectivity index (χ3v) is 3.84. The van der Waals surface area contributed by atoms with Gasteiger partial charge in [0.1, 0.15) is 11.7 Å². The summed E-state index contributed by atoms with van der Waals surface area (Å²) in [5, 5.41) is 6.29. The number of carbonyl (C=O) groups is 1. The van der Waals surface area contributed by atoms with Crippen LogP contribution in [0.2, 0.25) is 0 Å². The first-order chi connectivity index (χ1) is 12.8. The van der Waals surface area contributed by atoms with Gasteiger partial charge in [0.05, 0.1) is 17.5 Å². The SMILES string of the molecule is CC(C(=O)Nc1ccccc1C(F)(F)F)n1nc(-c2ccco2)ccc1=O. The van der Waals surface area contributed by atoms with Gasteiger partial charge in [0.2, 0.25) is 5.91 Å². The molecule has 2 aromatic heterocycles. The minimum absolute atomic E-state index is 0.315.